The van der Waals surface area contributed by atoms with E-state index in [1.165, 1.54) is 131 Å². The Morgan fingerprint density at radius 1 is 0.712 bits per heavy atom. The summed E-state index contributed by atoms with van der Waals surface area (Å²) < 4.78 is -0.737. The van der Waals surface area contributed by atoms with Crippen LogP contribution in [0.1, 0.15) is 128 Å². The fraction of sp³-hybridized carbons (Fsp3) is 0.565. The maximum Gasteiger partial charge on any atom is 0.122 e. The first-order valence-electron chi connectivity index (χ1n) is 20.1. The van der Waals surface area contributed by atoms with Crippen LogP contribution in [0.4, 0.5) is 0 Å². The van der Waals surface area contributed by atoms with Gasteiger partial charge in [-0.3, -0.25) is 0 Å². The summed E-state index contributed by atoms with van der Waals surface area (Å²) in [4.78, 5) is 0. The zero-order valence-electron chi connectivity index (χ0n) is 32.5. The van der Waals surface area contributed by atoms with Crippen molar-refractivity contribution in [2.75, 3.05) is 13.1 Å². The molecular weight excluding hydrogens is 783 g/mol. The smallest absolute Gasteiger partial charge is 0.122 e. The van der Waals surface area contributed by atoms with Crippen LogP contribution in [0.3, 0.4) is 0 Å². The van der Waals surface area contributed by atoms with Crippen LogP contribution in [-0.2, 0) is 24.9 Å². The molecule has 282 valence electrons. The quantitative estimate of drug-likeness (QED) is 0.131. The Morgan fingerprint density at radius 3 is 1.77 bits per heavy atom. The fourth-order valence-electron chi connectivity index (χ4n) is 11.1. The molecule has 5 aliphatic rings. The molecule has 4 fully saturated rings. The SMILES string of the molecule is Cc1cc(C)c(C2=CC=CC(C=C3CC(Cl)(Cl)CCC3P(C3CCCCC3)C3CCCCC3)(c3c(C)cc(C)cc3C)C2=C2NCCN2)c(C)c1.[Ru]. The molecule has 52 heavy (non-hydrogen) atoms. The summed E-state index contributed by atoms with van der Waals surface area (Å²) in [6.45, 7) is 15.6. The van der Waals surface area contributed by atoms with Gasteiger partial charge < -0.3 is 10.6 Å². The van der Waals surface area contributed by atoms with E-state index in [1.54, 1.807) is 0 Å². The molecule has 3 saturated carbocycles. The first kappa shape index (κ1) is 40.3. The van der Waals surface area contributed by atoms with Crippen LogP contribution in [0.5, 0.6) is 0 Å². The summed E-state index contributed by atoms with van der Waals surface area (Å²) in [5, 5.41) is 7.72. The van der Waals surface area contributed by atoms with E-state index in [0.717, 1.165) is 43.7 Å². The van der Waals surface area contributed by atoms with E-state index in [4.69, 9.17) is 23.2 Å². The summed E-state index contributed by atoms with van der Waals surface area (Å²) in [6.07, 6.45) is 26.9. The number of aryl methyl sites for hydroxylation is 6. The van der Waals surface area contributed by atoms with E-state index in [2.05, 4.69) is 101 Å². The average Bonchev–Trinajstić information content (AvgIpc) is 3.60. The minimum Gasteiger partial charge on any atom is -0.370 e. The molecule has 1 heterocycles. The van der Waals surface area contributed by atoms with Gasteiger partial charge in [0.05, 0.1) is 5.41 Å². The molecule has 2 N–H and O–H groups in total. The second kappa shape index (κ2) is 16.8. The van der Waals surface area contributed by atoms with Crippen molar-refractivity contribution in [3.8, 4) is 0 Å². The van der Waals surface area contributed by atoms with Crippen LogP contribution in [0, 0.1) is 41.5 Å². The predicted octanol–water partition coefficient (Wildman–Crippen LogP) is 12.6. The topological polar surface area (TPSA) is 24.1 Å². The van der Waals surface area contributed by atoms with Gasteiger partial charge in [0.25, 0.3) is 0 Å². The number of alkyl halides is 2. The monoisotopic (exact) mass is 844 g/mol. The molecule has 6 heteroatoms. The molecule has 0 spiro atoms. The van der Waals surface area contributed by atoms with Gasteiger partial charge in [0.1, 0.15) is 10.2 Å². The number of nitrogens with one attached hydrogen (secondary N) is 2. The number of hydrogen-bond donors (Lipinski definition) is 2. The molecule has 0 radical (unpaired) electrons. The minimum absolute atomic E-state index is 0. The van der Waals surface area contributed by atoms with E-state index in [9.17, 15) is 0 Å². The molecule has 2 nitrogen and oxygen atoms in total. The first-order chi connectivity index (χ1) is 24.5. The van der Waals surface area contributed by atoms with Crippen molar-refractivity contribution in [3.63, 3.8) is 0 Å². The standard InChI is InChI=1S/C46H61Cl2N2P.Ru/c1-30-24-32(3)41(33(4)25-30)39-18-13-20-45(43(39)44-49-22-23-50-44,42-34(5)26-31(2)27-35(42)6)28-36-29-46(47,48)21-19-40(36)51(37-14-9-7-10-15-37)38-16-11-8-12-17-38;/h13,18,20,24-28,37-38,40,49-50H,7-12,14-17,19,21-23,29H2,1-6H3;. The zero-order valence-corrected chi connectivity index (χ0v) is 36.7. The summed E-state index contributed by atoms with van der Waals surface area (Å²) in [6, 6.07) is 9.51. The maximum absolute atomic E-state index is 7.31. The number of halogens is 2. The number of allylic oxidation sites excluding steroid dienone is 7. The van der Waals surface area contributed by atoms with Gasteiger partial charge >= 0.3 is 0 Å². The van der Waals surface area contributed by atoms with Crippen molar-refractivity contribution in [3.05, 3.63) is 110 Å². The third-order valence-corrected chi connectivity index (χ3v) is 17.4. The normalized spacial score (nSPS) is 26.3. The molecule has 0 aromatic heterocycles. The van der Waals surface area contributed by atoms with E-state index in [0.29, 0.717) is 5.66 Å². The Kier molecular flexibility index (Phi) is 13.0. The number of rotatable bonds is 6. The largest absolute Gasteiger partial charge is 0.370 e. The van der Waals surface area contributed by atoms with Crippen molar-refractivity contribution >= 4 is 36.7 Å². The third kappa shape index (κ3) is 8.11. The zero-order chi connectivity index (χ0) is 35.9. The minimum atomic E-state index is -0.737. The van der Waals surface area contributed by atoms with Crippen LogP contribution in [0.15, 0.2) is 65.5 Å². The molecule has 2 atom stereocenters. The number of hydrogen-bond acceptors (Lipinski definition) is 2. The Bertz CT molecular complexity index is 1690. The van der Waals surface area contributed by atoms with Gasteiger partial charge in [0, 0.05) is 50.2 Å². The summed E-state index contributed by atoms with van der Waals surface area (Å²) in [5.41, 5.74) is 16.8. The van der Waals surface area contributed by atoms with Gasteiger partial charge in [-0.2, -0.15) is 0 Å². The van der Waals surface area contributed by atoms with Crippen molar-refractivity contribution in [1.29, 1.82) is 0 Å². The molecule has 4 aliphatic carbocycles. The summed E-state index contributed by atoms with van der Waals surface area (Å²) in [5.74, 6) is 1.17. The fourth-order valence-corrected chi connectivity index (χ4v) is 16.1. The molecule has 1 aliphatic heterocycles. The van der Waals surface area contributed by atoms with E-state index >= 15 is 0 Å². The molecular formula is C46H61Cl2N2PRu. The van der Waals surface area contributed by atoms with E-state index in [1.807, 2.05) is 0 Å². The van der Waals surface area contributed by atoms with E-state index in [-0.39, 0.29) is 27.4 Å². The van der Waals surface area contributed by atoms with Gasteiger partial charge in [-0.05, 0) is 130 Å². The molecule has 1 saturated heterocycles. The van der Waals surface area contributed by atoms with Crippen LogP contribution in [0.2, 0.25) is 0 Å². The van der Waals surface area contributed by atoms with Gasteiger partial charge in [-0.1, -0.05) is 112 Å². The van der Waals surface area contributed by atoms with Gasteiger partial charge in [-0.15, -0.1) is 23.2 Å². The Hall–Kier alpha value is -1.37. The second-order valence-electron chi connectivity index (χ2n) is 16.8. The second-order valence-corrected chi connectivity index (χ2v) is 21.4. The Balaban J connectivity index is 0.00000464. The van der Waals surface area contributed by atoms with Gasteiger partial charge in [0.2, 0.25) is 0 Å². The summed E-state index contributed by atoms with van der Waals surface area (Å²) in [7, 11) is -0.199. The maximum atomic E-state index is 7.31. The molecule has 0 bridgehead atoms. The van der Waals surface area contributed by atoms with Crippen molar-refractivity contribution in [2.24, 2.45) is 0 Å². The average molecular weight is 845 g/mol. The third-order valence-electron chi connectivity index (χ3n) is 12.8. The van der Waals surface area contributed by atoms with Gasteiger partial charge in [0.15, 0.2) is 0 Å². The van der Waals surface area contributed by atoms with Crippen LogP contribution in [0.25, 0.3) is 5.57 Å². The van der Waals surface area contributed by atoms with Crippen LogP contribution in [-0.4, -0.2) is 34.4 Å². The Labute approximate surface area is 339 Å². The van der Waals surface area contributed by atoms with Crippen LogP contribution < -0.4 is 10.6 Å². The van der Waals surface area contributed by atoms with Crippen molar-refractivity contribution in [2.45, 2.75) is 152 Å². The molecule has 2 unspecified atom stereocenters. The number of benzene rings is 2. The molecule has 7 rings (SSSR count). The van der Waals surface area contributed by atoms with E-state index < -0.39 is 9.75 Å². The van der Waals surface area contributed by atoms with Gasteiger partial charge in [-0.25, -0.2) is 0 Å². The van der Waals surface area contributed by atoms with Crippen molar-refractivity contribution in [1.82, 2.24) is 10.6 Å². The van der Waals surface area contributed by atoms with Crippen LogP contribution >= 0.6 is 31.1 Å². The molecule has 2 aromatic carbocycles. The van der Waals surface area contributed by atoms with Crippen molar-refractivity contribution < 1.29 is 19.5 Å². The summed E-state index contributed by atoms with van der Waals surface area (Å²) >= 11 is 14.6. The Morgan fingerprint density at radius 2 is 1.23 bits per heavy atom. The molecule has 2 aromatic rings. The first-order valence-corrected chi connectivity index (χ1v) is 22.4. The predicted molar refractivity (Wildman–Crippen MR) is 224 cm³/mol. The molecule has 0 amide bonds.